The van der Waals surface area contributed by atoms with Crippen LogP contribution in [0, 0.1) is 16.3 Å². The highest BCUT2D eigenvalue weighted by Crippen LogP contribution is 2.32. The maximum Gasteiger partial charge on any atom is 0.277 e. The summed E-state index contributed by atoms with van der Waals surface area (Å²) in [5, 5.41) is 11.8. The number of carbonyl (C=O) groups is 1. The Balaban J connectivity index is 2.09. The smallest absolute Gasteiger partial charge is 0.277 e. The number of aromatic nitrogens is 2. The molecule has 1 amide bonds. The third-order valence-electron chi connectivity index (χ3n) is 4.01. The predicted octanol–water partition coefficient (Wildman–Crippen LogP) is 3.02. The lowest BCUT2D eigenvalue weighted by atomic mass is 10.1. The molecule has 0 saturated heterocycles. The zero-order valence-corrected chi connectivity index (χ0v) is 16.9. The summed E-state index contributed by atoms with van der Waals surface area (Å²) in [5.41, 5.74) is 4.52. The van der Waals surface area contributed by atoms with E-state index in [2.05, 4.69) is 38.4 Å². The van der Waals surface area contributed by atoms with Crippen molar-refractivity contribution in [3.05, 3.63) is 51.1 Å². The zero-order valence-electron chi connectivity index (χ0n) is 14.7. The van der Waals surface area contributed by atoms with Gasteiger partial charge in [-0.15, -0.1) is 0 Å². The molecular formula is C18H18FIN4O3. The van der Waals surface area contributed by atoms with Crippen molar-refractivity contribution in [1.82, 2.24) is 15.0 Å². The van der Waals surface area contributed by atoms with Crippen molar-refractivity contribution < 1.29 is 19.1 Å². The number of nitrogens with one attached hydrogen (secondary N) is 2. The van der Waals surface area contributed by atoms with Gasteiger partial charge in [-0.25, -0.2) is 14.9 Å². The van der Waals surface area contributed by atoms with Crippen LogP contribution in [0.25, 0.3) is 11.0 Å². The van der Waals surface area contributed by atoms with Crippen LogP contribution in [-0.4, -0.2) is 33.8 Å². The first-order valence-corrected chi connectivity index (χ1v) is 9.20. The Bertz CT molecular complexity index is 1010. The Morgan fingerprint density at radius 1 is 1.41 bits per heavy atom. The molecule has 0 saturated carbocycles. The number of anilines is 2. The van der Waals surface area contributed by atoms with Crippen LogP contribution in [0.5, 0.6) is 0 Å². The number of fused-ring (bicyclic) bond motifs is 1. The molecule has 0 aliphatic carbocycles. The van der Waals surface area contributed by atoms with Crippen molar-refractivity contribution in [2.45, 2.75) is 6.92 Å². The number of carbonyl (C=O) groups excluding carboxylic acids is 1. The fourth-order valence-corrected chi connectivity index (χ4v) is 3.29. The minimum Gasteiger partial charge on any atom is -0.394 e. The molecule has 142 valence electrons. The first-order chi connectivity index (χ1) is 12.9. The molecule has 0 aliphatic heterocycles. The molecule has 27 heavy (non-hydrogen) atoms. The van der Waals surface area contributed by atoms with E-state index in [9.17, 15) is 4.79 Å². The van der Waals surface area contributed by atoms with Gasteiger partial charge < -0.3 is 15.0 Å². The van der Waals surface area contributed by atoms with Gasteiger partial charge in [0.25, 0.3) is 5.91 Å². The molecular weight excluding hydrogens is 466 g/mol. The monoisotopic (exact) mass is 484 g/mol. The van der Waals surface area contributed by atoms with E-state index in [1.54, 1.807) is 17.7 Å². The summed E-state index contributed by atoms with van der Waals surface area (Å²) in [6.07, 6.45) is 1.48. The Morgan fingerprint density at radius 2 is 2.19 bits per heavy atom. The molecule has 3 aromatic rings. The lowest BCUT2D eigenvalue weighted by molar-refractivity contribution is 0.0169. The summed E-state index contributed by atoms with van der Waals surface area (Å²) in [6, 6.07) is 7.21. The van der Waals surface area contributed by atoms with E-state index in [-0.39, 0.29) is 30.0 Å². The summed E-state index contributed by atoms with van der Waals surface area (Å²) >= 11 is 2.19. The second-order valence-electron chi connectivity index (χ2n) is 5.92. The van der Waals surface area contributed by atoms with E-state index >= 15 is 4.39 Å². The van der Waals surface area contributed by atoms with Gasteiger partial charge in [0.15, 0.2) is 5.82 Å². The highest BCUT2D eigenvalue weighted by molar-refractivity contribution is 14.1. The number of aliphatic hydroxyl groups excluding tert-OH is 1. The Kier molecular flexibility index (Phi) is 5.92. The minimum atomic E-state index is -0.629. The van der Waals surface area contributed by atoms with Crippen LogP contribution in [0.2, 0.25) is 0 Å². The van der Waals surface area contributed by atoms with Crippen LogP contribution >= 0.6 is 22.6 Å². The molecule has 0 spiro atoms. The first kappa shape index (κ1) is 19.5. The van der Waals surface area contributed by atoms with Gasteiger partial charge in [-0.3, -0.25) is 9.63 Å². The standard InChI is InChI=1S/C18H18FIN4O3/c1-10-7-11(20)3-4-13(10)22-16-12(18(26)23-27-6-5-25)8-14-17(15(16)19)21-9-24(14)2/h3-4,7-9,22,25H,5-6H2,1-2H3,(H,23,26). The zero-order chi connectivity index (χ0) is 19.6. The number of benzene rings is 2. The molecule has 0 unspecified atom stereocenters. The largest absolute Gasteiger partial charge is 0.394 e. The van der Waals surface area contributed by atoms with Crippen LogP contribution in [0.4, 0.5) is 15.8 Å². The number of rotatable bonds is 6. The Labute approximate surface area is 168 Å². The molecule has 0 fully saturated rings. The predicted molar refractivity (Wildman–Crippen MR) is 108 cm³/mol. The molecule has 0 bridgehead atoms. The van der Waals surface area contributed by atoms with Crippen LogP contribution in [0.15, 0.2) is 30.6 Å². The van der Waals surface area contributed by atoms with E-state index in [1.165, 1.54) is 6.33 Å². The van der Waals surface area contributed by atoms with Gasteiger partial charge >= 0.3 is 0 Å². The molecule has 1 aromatic heterocycles. The summed E-state index contributed by atoms with van der Waals surface area (Å²) < 4.78 is 17.9. The van der Waals surface area contributed by atoms with Crippen LogP contribution in [-0.2, 0) is 11.9 Å². The van der Waals surface area contributed by atoms with Gasteiger partial charge in [-0.2, -0.15) is 0 Å². The summed E-state index contributed by atoms with van der Waals surface area (Å²) in [7, 11) is 1.72. The van der Waals surface area contributed by atoms with Crippen molar-refractivity contribution in [2.75, 3.05) is 18.5 Å². The van der Waals surface area contributed by atoms with Crippen molar-refractivity contribution in [1.29, 1.82) is 0 Å². The highest BCUT2D eigenvalue weighted by atomic mass is 127. The van der Waals surface area contributed by atoms with Crippen molar-refractivity contribution in [3.63, 3.8) is 0 Å². The van der Waals surface area contributed by atoms with Crippen molar-refractivity contribution in [3.8, 4) is 0 Å². The number of aliphatic hydroxyl groups is 1. The third-order valence-corrected chi connectivity index (χ3v) is 4.68. The summed E-state index contributed by atoms with van der Waals surface area (Å²) in [6.45, 7) is 1.58. The van der Waals surface area contributed by atoms with E-state index in [0.29, 0.717) is 11.2 Å². The number of hydroxylamine groups is 1. The number of halogens is 2. The number of imidazole rings is 1. The van der Waals surface area contributed by atoms with Gasteiger partial charge in [-0.1, -0.05) is 0 Å². The van der Waals surface area contributed by atoms with Gasteiger partial charge in [0, 0.05) is 16.3 Å². The second-order valence-corrected chi connectivity index (χ2v) is 7.17. The summed E-state index contributed by atoms with van der Waals surface area (Å²) in [4.78, 5) is 21.5. The molecule has 0 radical (unpaired) electrons. The van der Waals surface area contributed by atoms with Gasteiger partial charge in [-0.05, 0) is 59.3 Å². The number of hydrogen-bond acceptors (Lipinski definition) is 5. The molecule has 7 nitrogen and oxygen atoms in total. The first-order valence-electron chi connectivity index (χ1n) is 8.12. The lowest BCUT2D eigenvalue weighted by Crippen LogP contribution is -2.26. The minimum absolute atomic E-state index is 0.00982. The van der Waals surface area contributed by atoms with Crippen molar-refractivity contribution >= 4 is 50.9 Å². The maximum atomic E-state index is 15.2. The van der Waals surface area contributed by atoms with Gasteiger partial charge in [0.05, 0.1) is 36.3 Å². The quantitative estimate of drug-likeness (QED) is 0.285. The molecule has 9 heteroatoms. The molecule has 2 aromatic carbocycles. The number of amides is 1. The highest BCUT2D eigenvalue weighted by Gasteiger charge is 2.22. The van der Waals surface area contributed by atoms with Gasteiger partial charge in [0.2, 0.25) is 0 Å². The second kappa shape index (κ2) is 8.19. The van der Waals surface area contributed by atoms with E-state index in [4.69, 9.17) is 9.94 Å². The number of hydrogen-bond donors (Lipinski definition) is 3. The maximum absolute atomic E-state index is 15.2. The van der Waals surface area contributed by atoms with E-state index in [1.807, 2.05) is 25.1 Å². The molecule has 0 atom stereocenters. The third kappa shape index (κ3) is 4.04. The molecule has 3 rings (SSSR count). The normalized spacial score (nSPS) is 11.0. The molecule has 1 heterocycles. The SMILES string of the molecule is Cc1cc(I)ccc1Nc1c(C(=O)NOCCO)cc2c(ncn2C)c1F. The molecule has 3 N–H and O–H groups in total. The van der Waals surface area contributed by atoms with Crippen LogP contribution < -0.4 is 10.8 Å². The Morgan fingerprint density at radius 3 is 2.89 bits per heavy atom. The summed E-state index contributed by atoms with van der Waals surface area (Å²) in [5.74, 6) is -1.26. The van der Waals surface area contributed by atoms with Crippen LogP contribution in [0.1, 0.15) is 15.9 Å². The fraction of sp³-hybridized carbons (Fsp3) is 0.222. The fourth-order valence-electron chi connectivity index (χ4n) is 2.65. The van der Waals surface area contributed by atoms with Gasteiger partial charge in [0.1, 0.15) is 5.52 Å². The average molecular weight is 484 g/mol. The van der Waals surface area contributed by atoms with Crippen LogP contribution in [0.3, 0.4) is 0 Å². The average Bonchev–Trinajstić information content (AvgIpc) is 3.00. The number of nitrogens with zero attached hydrogens (tertiary/aromatic N) is 2. The van der Waals surface area contributed by atoms with E-state index < -0.39 is 11.7 Å². The topological polar surface area (TPSA) is 88.4 Å². The number of aryl methyl sites for hydroxylation is 2. The molecule has 0 aliphatic rings. The Hall–Kier alpha value is -2.24. The van der Waals surface area contributed by atoms with Crippen molar-refractivity contribution in [2.24, 2.45) is 7.05 Å². The lowest BCUT2D eigenvalue weighted by Gasteiger charge is -2.16. The van der Waals surface area contributed by atoms with E-state index in [0.717, 1.165) is 9.13 Å².